The second-order valence-electron chi connectivity index (χ2n) is 7.27. The minimum absolute atomic E-state index is 0.196. The van der Waals surface area contributed by atoms with Crippen LogP contribution < -0.4 is 4.74 Å². The van der Waals surface area contributed by atoms with Gasteiger partial charge in [-0.15, -0.1) is 0 Å². The molecule has 2 saturated heterocycles. The molecule has 27 heavy (non-hydrogen) atoms. The highest BCUT2D eigenvalue weighted by Gasteiger charge is 2.50. The lowest BCUT2D eigenvalue weighted by Gasteiger charge is -2.45. The van der Waals surface area contributed by atoms with Gasteiger partial charge >= 0.3 is 6.09 Å². The zero-order chi connectivity index (χ0) is 18.9. The monoisotopic (exact) mass is 386 g/mol. The number of halogens is 1. The number of carbonyl (C=O) groups is 1. The summed E-state index contributed by atoms with van der Waals surface area (Å²) in [5, 5.41) is 0.618. The fourth-order valence-electron chi connectivity index (χ4n) is 4.12. The van der Waals surface area contributed by atoms with Crippen LogP contribution >= 0.6 is 11.6 Å². The van der Waals surface area contributed by atoms with Gasteiger partial charge in [-0.25, -0.2) is 4.79 Å². The van der Waals surface area contributed by atoms with Crippen LogP contribution in [0.1, 0.15) is 11.1 Å². The fraction of sp³-hybridized carbons (Fsp3) is 0.381. The van der Waals surface area contributed by atoms with Crippen LogP contribution in [-0.2, 0) is 17.7 Å². The number of amides is 1. The molecule has 1 amide bonds. The minimum atomic E-state index is -0.313. The Kier molecular flexibility index (Phi) is 4.98. The minimum Gasteiger partial charge on any atom is -0.495 e. The number of cyclic esters (lactones) is 1. The summed E-state index contributed by atoms with van der Waals surface area (Å²) in [7, 11) is 1.62. The predicted molar refractivity (Wildman–Crippen MR) is 104 cm³/mol. The number of fused-ring (bicyclic) bond motifs is 1. The molecule has 0 radical (unpaired) electrons. The number of methoxy groups -OCH3 is 1. The van der Waals surface area contributed by atoms with Gasteiger partial charge in [0.05, 0.1) is 17.7 Å². The van der Waals surface area contributed by atoms with Crippen LogP contribution in [0.25, 0.3) is 0 Å². The number of hydrogen-bond acceptors (Lipinski definition) is 4. The number of ether oxygens (including phenoxy) is 2. The van der Waals surface area contributed by atoms with Crippen molar-refractivity contribution in [2.75, 3.05) is 33.4 Å². The van der Waals surface area contributed by atoms with Crippen LogP contribution in [0.15, 0.2) is 48.5 Å². The highest BCUT2D eigenvalue weighted by molar-refractivity contribution is 6.32. The molecule has 0 N–H and O–H groups in total. The highest BCUT2D eigenvalue weighted by atomic mass is 35.5. The van der Waals surface area contributed by atoms with Crippen LogP contribution in [-0.4, -0.2) is 54.8 Å². The van der Waals surface area contributed by atoms with Gasteiger partial charge in [-0.05, 0) is 23.3 Å². The van der Waals surface area contributed by atoms with E-state index >= 15 is 0 Å². The molecule has 0 spiro atoms. The molecule has 2 fully saturated rings. The molecular weight excluding hydrogens is 364 g/mol. The Hall–Kier alpha value is -2.24. The van der Waals surface area contributed by atoms with Crippen LogP contribution in [0.4, 0.5) is 4.79 Å². The van der Waals surface area contributed by atoms with E-state index in [1.165, 1.54) is 5.56 Å². The first-order valence-electron chi connectivity index (χ1n) is 9.13. The van der Waals surface area contributed by atoms with Crippen molar-refractivity contribution in [3.8, 4) is 5.75 Å². The Morgan fingerprint density at radius 3 is 2.70 bits per heavy atom. The maximum absolute atomic E-state index is 12.2. The van der Waals surface area contributed by atoms with Gasteiger partial charge in [0.2, 0.25) is 0 Å². The topological polar surface area (TPSA) is 42.0 Å². The van der Waals surface area contributed by atoms with Gasteiger partial charge in [0.25, 0.3) is 0 Å². The Bertz CT molecular complexity index is 829. The average molecular weight is 387 g/mol. The number of carbonyl (C=O) groups excluding carboxylic acids is 1. The molecule has 1 unspecified atom stereocenters. The van der Waals surface area contributed by atoms with Crippen molar-refractivity contribution < 1.29 is 14.3 Å². The molecule has 1 atom stereocenters. The molecule has 2 aliphatic rings. The third-order valence-corrected chi connectivity index (χ3v) is 5.71. The van der Waals surface area contributed by atoms with E-state index in [1.807, 2.05) is 41.3 Å². The molecule has 2 aromatic rings. The Morgan fingerprint density at radius 2 is 1.96 bits per heavy atom. The maximum Gasteiger partial charge on any atom is 0.410 e. The number of benzene rings is 2. The number of rotatable bonds is 5. The van der Waals surface area contributed by atoms with Gasteiger partial charge in [-0.3, -0.25) is 9.80 Å². The van der Waals surface area contributed by atoms with Gasteiger partial charge in [-0.1, -0.05) is 48.0 Å². The quantitative estimate of drug-likeness (QED) is 0.787. The Morgan fingerprint density at radius 1 is 1.15 bits per heavy atom. The van der Waals surface area contributed by atoms with E-state index in [-0.39, 0.29) is 11.6 Å². The van der Waals surface area contributed by atoms with Gasteiger partial charge in [-0.2, -0.15) is 0 Å². The van der Waals surface area contributed by atoms with E-state index in [0.717, 1.165) is 31.6 Å². The first-order chi connectivity index (χ1) is 13.1. The zero-order valence-corrected chi connectivity index (χ0v) is 16.1. The average Bonchev–Trinajstić information content (AvgIpc) is 2.98. The molecular formula is C21H23ClN2O3. The van der Waals surface area contributed by atoms with Crippen molar-refractivity contribution in [2.45, 2.75) is 18.5 Å². The molecule has 142 valence electrons. The standard InChI is InChI=1S/C21H23ClN2O3/c1-26-19-8-7-17(11-18(19)22)13-23-9-10-24-20(25)27-15-21(24,14-23)12-16-5-3-2-4-6-16/h2-8,11H,9-10,12-15H2,1H3. The van der Waals surface area contributed by atoms with Crippen LogP contribution in [0.3, 0.4) is 0 Å². The van der Waals surface area contributed by atoms with E-state index in [2.05, 4.69) is 17.0 Å². The Balaban J connectivity index is 1.53. The Labute approximate surface area is 164 Å². The number of hydrogen-bond donors (Lipinski definition) is 0. The van der Waals surface area contributed by atoms with E-state index in [0.29, 0.717) is 23.9 Å². The van der Waals surface area contributed by atoms with Crippen molar-refractivity contribution in [1.82, 2.24) is 9.80 Å². The summed E-state index contributed by atoms with van der Waals surface area (Å²) in [6.07, 6.45) is 0.595. The fourth-order valence-corrected chi connectivity index (χ4v) is 4.40. The second kappa shape index (κ2) is 7.41. The first kappa shape index (κ1) is 18.1. The summed E-state index contributed by atoms with van der Waals surface area (Å²) in [6.45, 7) is 3.48. The van der Waals surface area contributed by atoms with Gasteiger partial charge < -0.3 is 9.47 Å². The molecule has 4 rings (SSSR count). The number of nitrogens with zero attached hydrogens (tertiary/aromatic N) is 2. The molecule has 0 bridgehead atoms. The van der Waals surface area contributed by atoms with Crippen molar-refractivity contribution in [3.05, 3.63) is 64.7 Å². The third-order valence-electron chi connectivity index (χ3n) is 5.41. The largest absolute Gasteiger partial charge is 0.495 e. The normalized spacial score (nSPS) is 22.4. The van der Waals surface area contributed by atoms with E-state index in [9.17, 15) is 4.79 Å². The second-order valence-corrected chi connectivity index (χ2v) is 7.68. The smallest absolute Gasteiger partial charge is 0.410 e. The molecule has 6 heteroatoms. The van der Waals surface area contributed by atoms with Crippen molar-refractivity contribution in [3.63, 3.8) is 0 Å². The van der Waals surface area contributed by atoms with E-state index in [4.69, 9.17) is 21.1 Å². The lowest BCUT2D eigenvalue weighted by molar-refractivity contribution is 0.0476. The summed E-state index contributed by atoms with van der Waals surface area (Å²) in [5.41, 5.74) is 2.04. The molecule has 0 saturated carbocycles. The predicted octanol–water partition coefficient (Wildman–Crippen LogP) is 3.60. The van der Waals surface area contributed by atoms with Crippen molar-refractivity contribution in [1.29, 1.82) is 0 Å². The highest BCUT2D eigenvalue weighted by Crippen LogP contribution is 2.33. The molecule has 2 aromatic carbocycles. The third kappa shape index (κ3) is 3.62. The number of piperazine rings is 1. The SMILES string of the molecule is COc1ccc(CN2CCN3C(=O)OCC3(Cc3ccccc3)C2)cc1Cl. The summed E-state index contributed by atoms with van der Waals surface area (Å²) in [6, 6.07) is 16.2. The first-order valence-corrected chi connectivity index (χ1v) is 9.50. The molecule has 0 aromatic heterocycles. The van der Waals surface area contributed by atoms with Crippen LogP contribution in [0.2, 0.25) is 5.02 Å². The van der Waals surface area contributed by atoms with Crippen LogP contribution in [0.5, 0.6) is 5.75 Å². The van der Waals surface area contributed by atoms with Crippen molar-refractivity contribution >= 4 is 17.7 Å². The summed E-state index contributed by atoms with van der Waals surface area (Å²) >= 11 is 6.27. The van der Waals surface area contributed by atoms with Crippen molar-refractivity contribution in [2.24, 2.45) is 0 Å². The molecule has 0 aliphatic carbocycles. The molecule has 2 aliphatic heterocycles. The summed E-state index contributed by atoms with van der Waals surface area (Å²) in [5.74, 6) is 0.681. The van der Waals surface area contributed by atoms with Gasteiger partial charge in [0, 0.05) is 32.6 Å². The lowest BCUT2D eigenvalue weighted by Crippen LogP contribution is -2.62. The molecule has 2 heterocycles. The van der Waals surface area contributed by atoms with E-state index in [1.54, 1.807) is 7.11 Å². The molecule has 5 nitrogen and oxygen atoms in total. The summed E-state index contributed by atoms with van der Waals surface area (Å²) < 4.78 is 10.7. The van der Waals surface area contributed by atoms with E-state index < -0.39 is 0 Å². The summed E-state index contributed by atoms with van der Waals surface area (Å²) in [4.78, 5) is 16.5. The van der Waals surface area contributed by atoms with Gasteiger partial charge in [0.15, 0.2) is 0 Å². The van der Waals surface area contributed by atoms with Crippen LogP contribution in [0, 0.1) is 0 Å². The lowest BCUT2D eigenvalue weighted by atomic mass is 9.88. The van der Waals surface area contributed by atoms with Gasteiger partial charge in [0.1, 0.15) is 12.4 Å². The zero-order valence-electron chi connectivity index (χ0n) is 15.4. The maximum atomic E-state index is 12.2.